The minimum Gasteiger partial charge on any atom is -0.293 e. The average Bonchev–Trinajstić information content (AvgIpc) is 2.15. The molecule has 6 heteroatoms. The summed E-state index contributed by atoms with van der Waals surface area (Å²) < 4.78 is 29.9. The molecule has 0 saturated heterocycles. The Balaban J connectivity index is 2.88. The van der Waals surface area contributed by atoms with E-state index in [1.54, 1.807) is 19.1 Å². The molecule has 0 aromatic heterocycles. The molecule has 1 atom stereocenters. The molecule has 1 rings (SSSR count). The van der Waals surface area contributed by atoms with Crippen molar-refractivity contribution in [3.63, 3.8) is 0 Å². The quantitative estimate of drug-likeness (QED) is 0.525. The Morgan fingerprint density at radius 1 is 1.38 bits per heavy atom. The number of carbonyl (C=O) groups excluding carboxylic acids is 1. The van der Waals surface area contributed by atoms with Gasteiger partial charge in [0.15, 0.2) is 5.78 Å². The molecule has 0 spiro atoms. The number of carbonyl (C=O) groups is 1. The Labute approximate surface area is 103 Å². The van der Waals surface area contributed by atoms with Crippen LogP contribution in [0.2, 0.25) is 0 Å². The van der Waals surface area contributed by atoms with Crippen LogP contribution in [0.15, 0.2) is 24.3 Å². The second-order valence-corrected chi connectivity index (χ2v) is 6.23. The van der Waals surface area contributed by atoms with Crippen molar-refractivity contribution in [2.75, 3.05) is 0 Å². The largest absolute Gasteiger partial charge is 0.293 e. The van der Waals surface area contributed by atoms with E-state index in [4.69, 9.17) is 4.55 Å². The van der Waals surface area contributed by atoms with E-state index < -0.39 is 15.9 Å². The fraction of sp³-hybridized carbons (Fsp3) is 0.300. The molecule has 1 unspecified atom stereocenters. The zero-order chi connectivity index (χ0) is 12.3. The van der Waals surface area contributed by atoms with Crippen LogP contribution >= 0.6 is 15.9 Å². The van der Waals surface area contributed by atoms with Gasteiger partial charge in [-0.1, -0.05) is 40.2 Å². The number of benzene rings is 1. The second kappa shape index (κ2) is 5.07. The standard InChI is InChI=1S/C10H11BrO4S/c1-7(11)10(12)9-4-2-8(3-5-9)6-16(13,14)15/h2-5,7H,6H2,1H3,(H,13,14,15). The van der Waals surface area contributed by atoms with Gasteiger partial charge in [0.2, 0.25) is 0 Å². The predicted octanol–water partition coefficient (Wildman–Crippen LogP) is 2.04. The van der Waals surface area contributed by atoms with Crippen LogP contribution in [0, 0.1) is 0 Å². The van der Waals surface area contributed by atoms with Crippen LogP contribution in [-0.2, 0) is 15.9 Å². The summed E-state index contributed by atoms with van der Waals surface area (Å²) in [5, 5.41) is 0. The molecule has 0 amide bonds. The first-order valence-electron chi connectivity index (χ1n) is 4.52. The van der Waals surface area contributed by atoms with Crippen molar-refractivity contribution >= 4 is 31.8 Å². The maximum atomic E-state index is 11.5. The highest BCUT2D eigenvalue weighted by Gasteiger charge is 2.12. The molecule has 0 aliphatic heterocycles. The van der Waals surface area contributed by atoms with Crippen LogP contribution in [0.1, 0.15) is 22.8 Å². The van der Waals surface area contributed by atoms with Crippen molar-refractivity contribution in [1.29, 1.82) is 0 Å². The second-order valence-electron chi connectivity index (χ2n) is 3.40. The summed E-state index contributed by atoms with van der Waals surface area (Å²) in [5.41, 5.74) is 0.949. The Morgan fingerprint density at radius 2 is 1.88 bits per heavy atom. The van der Waals surface area contributed by atoms with E-state index in [2.05, 4.69) is 15.9 Å². The highest BCUT2D eigenvalue weighted by atomic mass is 79.9. The van der Waals surface area contributed by atoms with Gasteiger partial charge in [0.05, 0.1) is 4.83 Å². The molecule has 0 aliphatic rings. The highest BCUT2D eigenvalue weighted by Crippen LogP contribution is 2.12. The summed E-state index contributed by atoms with van der Waals surface area (Å²) in [6, 6.07) is 6.11. The van der Waals surface area contributed by atoms with Gasteiger partial charge in [-0.2, -0.15) is 8.42 Å². The van der Waals surface area contributed by atoms with Gasteiger partial charge in [-0.15, -0.1) is 0 Å². The third-order valence-electron chi connectivity index (χ3n) is 1.95. The molecule has 1 N–H and O–H groups in total. The number of alkyl halides is 1. The number of halogens is 1. The van der Waals surface area contributed by atoms with E-state index in [1.165, 1.54) is 12.1 Å². The number of hydrogen-bond donors (Lipinski definition) is 1. The maximum Gasteiger partial charge on any atom is 0.269 e. The van der Waals surface area contributed by atoms with Gasteiger partial charge < -0.3 is 0 Å². The van der Waals surface area contributed by atoms with E-state index >= 15 is 0 Å². The third kappa shape index (κ3) is 4.03. The van der Waals surface area contributed by atoms with Crippen LogP contribution in [0.5, 0.6) is 0 Å². The van der Waals surface area contributed by atoms with Gasteiger partial charge in [0.1, 0.15) is 5.75 Å². The first-order valence-corrected chi connectivity index (χ1v) is 7.04. The predicted molar refractivity (Wildman–Crippen MR) is 64.4 cm³/mol. The highest BCUT2D eigenvalue weighted by molar-refractivity contribution is 9.10. The zero-order valence-electron chi connectivity index (χ0n) is 8.55. The van der Waals surface area contributed by atoms with Crippen LogP contribution < -0.4 is 0 Å². The molecule has 88 valence electrons. The van der Waals surface area contributed by atoms with Crippen LogP contribution in [0.3, 0.4) is 0 Å². The number of rotatable bonds is 4. The molecule has 1 aromatic rings. The van der Waals surface area contributed by atoms with Crippen LogP contribution in [0.25, 0.3) is 0 Å². The molecule has 0 bridgehead atoms. The topological polar surface area (TPSA) is 71.4 Å². The van der Waals surface area contributed by atoms with E-state index in [9.17, 15) is 13.2 Å². The monoisotopic (exact) mass is 306 g/mol. The summed E-state index contributed by atoms with van der Waals surface area (Å²) >= 11 is 3.16. The normalized spacial score (nSPS) is 13.4. The molecular formula is C10H11BrO4S. The van der Waals surface area contributed by atoms with E-state index in [0.717, 1.165) is 0 Å². The van der Waals surface area contributed by atoms with E-state index in [1.807, 2.05) is 0 Å². The fourth-order valence-electron chi connectivity index (χ4n) is 1.21. The summed E-state index contributed by atoms with van der Waals surface area (Å²) in [4.78, 5) is 11.2. The van der Waals surface area contributed by atoms with Gasteiger partial charge in [-0.05, 0) is 12.5 Å². The molecule has 0 heterocycles. The SMILES string of the molecule is CC(Br)C(=O)c1ccc(CS(=O)(=O)O)cc1. The number of Topliss-reactive ketones (excluding diaryl/α,β-unsaturated/α-hetero) is 1. The first kappa shape index (κ1) is 13.3. The van der Waals surface area contributed by atoms with Crippen LogP contribution in [0.4, 0.5) is 0 Å². The minimum absolute atomic E-state index is 0.0709. The van der Waals surface area contributed by atoms with Gasteiger partial charge in [0, 0.05) is 5.56 Å². The lowest BCUT2D eigenvalue weighted by Crippen LogP contribution is -2.10. The lowest BCUT2D eigenvalue weighted by atomic mass is 10.1. The number of ketones is 1. The van der Waals surface area contributed by atoms with Gasteiger partial charge in [-0.25, -0.2) is 0 Å². The van der Waals surface area contributed by atoms with Crippen molar-refractivity contribution < 1.29 is 17.8 Å². The average molecular weight is 307 g/mol. The molecule has 16 heavy (non-hydrogen) atoms. The summed E-state index contributed by atoms with van der Waals surface area (Å²) in [6.45, 7) is 1.72. The van der Waals surface area contributed by atoms with Gasteiger partial charge in [0.25, 0.3) is 10.1 Å². The van der Waals surface area contributed by atoms with Crippen LogP contribution in [-0.4, -0.2) is 23.6 Å². The Morgan fingerprint density at radius 3 is 2.25 bits per heavy atom. The molecule has 0 fully saturated rings. The van der Waals surface area contributed by atoms with Crippen molar-refractivity contribution in [3.8, 4) is 0 Å². The molecule has 1 aromatic carbocycles. The van der Waals surface area contributed by atoms with Crippen molar-refractivity contribution in [3.05, 3.63) is 35.4 Å². The Hall–Kier alpha value is -0.720. The summed E-state index contributed by atoms with van der Waals surface area (Å²) in [6.07, 6.45) is 0. The summed E-state index contributed by atoms with van der Waals surface area (Å²) in [5.74, 6) is -0.510. The van der Waals surface area contributed by atoms with E-state index in [-0.39, 0.29) is 10.6 Å². The van der Waals surface area contributed by atoms with Gasteiger partial charge >= 0.3 is 0 Å². The Bertz CT molecular complexity index is 476. The maximum absolute atomic E-state index is 11.5. The van der Waals surface area contributed by atoms with Gasteiger partial charge in [-0.3, -0.25) is 9.35 Å². The third-order valence-corrected chi connectivity index (χ3v) is 3.06. The fourth-order valence-corrected chi connectivity index (χ4v) is 2.08. The summed E-state index contributed by atoms with van der Waals surface area (Å²) in [7, 11) is -4.02. The lowest BCUT2D eigenvalue weighted by Gasteiger charge is -2.04. The van der Waals surface area contributed by atoms with E-state index in [0.29, 0.717) is 11.1 Å². The number of hydrogen-bond acceptors (Lipinski definition) is 3. The molecule has 4 nitrogen and oxygen atoms in total. The lowest BCUT2D eigenvalue weighted by molar-refractivity contribution is 0.0996. The molecule has 0 saturated carbocycles. The minimum atomic E-state index is -4.02. The molecular weight excluding hydrogens is 296 g/mol. The smallest absolute Gasteiger partial charge is 0.269 e. The molecule has 0 radical (unpaired) electrons. The van der Waals surface area contributed by atoms with Crippen molar-refractivity contribution in [2.45, 2.75) is 17.5 Å². The molecule has 0 aliphatic carbocycles. The van der Waals surface area contributed by atoms with Crippen molar-refractivity contribution in [1.82, 2.24) is 0 Å². The van der Waals surface area contributed by atoms with Crippen molar-refractivity contribution in [2.24, 2.45) is 0 Å². The zero-order valence-corrected chi connectivity index (χ0v) is 11.0. The first-order chi connectivity index (χ1) is 7.29. The Kier molecular flexibility index (Phi) is 4.23.